The lowest BCUT2D eigenvalue weighted by Gasteiger charge is -2.25. The molecule has 8 heteroatoms. The van der Waals surface area contributed by atoms with Gasteiger partial charge in [0.05, 0.1) is 23.6 Å². The third-order valence-corrected chi connectivity index (χ3v) is 6.48. The van der Waals surface area contributed by atoms with Crippen molar-refractivity contribution in [2.24, 2.45) is 0 Å². The molecule has 2 N–H and O–H groups in total. The zero-order valence-electron chi connectivity index (χ0n) is 18.9. The summed E-state index contributed by atoms with van der Waals surface area (Å²) in [6, 6.07) is 12.4. The van der Waals surface area contributed by atoms with E-state index >= 15 is 0 Å². The summed E-state index contributed by atoms with van der Waals surface area (Å²) in [5.41, 5.74) is 1.64. The van der Waals surface area contributed by atoms with Gasteiger partial charge < -0.3 is 23.8 Å². The summed E-state index contributed by atoms with van der Waals surface area (Å²) in [6.45, 7) is 1.86. The van der Waals surface area contributed by atoms with Crippen LogP contribution in [0.25, 0.3) is 33.1 Å². The topological polar surface area (TPSA) is 127 Å². The fourth-order valence-corrected chi connectivity index (χ4v) is 4.74. The number of hydrogen-bond donors (Lipinski definition) is 2. The Kier molecular flexibility index (Phi) is 4.72. The number of esters is 1. The first-order valence-corrected chi connectivity index (χ1v) is 11.2. The van der Waals surface area contributed by atoms with E-state index in [1.807, 2.05) is 13.0 Å². The molecule has 0 aliphatic carbocycles. The second kappa shape index (κ2) is 7.84. The minimum atomic E-state index is -0.826. The number of rotatable bonds is 2. The van der Waals surface area contributed by atoms with E-state index in [0.29, 0.717) is 22.1 Å². The predicted octanol–water partition coefficient (Wildman–Crippen LogP) is 4.73. The quantitative estimate of drug-likeness (QED) is 0.273. The van der Waals surface area contributed by atoms with Crippen molar-refractivity contribution in [2.75, 3.05) is 0 Å². The van der Waals surface area contributed by atoms with Gasteiger partial charge in [-0.2, -0.15) is 0 Å². The second-order valence-electron chi connectivity index (χ2n) is 8.79. The van der Waals surface area contributed by atoms with Crippen molar-refractivity contribution in [1.29, 1.82) is 0 Å². The van der Waals surface area contributed by atoms with Crippen molar-refractivity contribution in [1.82, 2.24) is 0 Å². The van der Waals surface area contributed by atoms with Gasteiger partial charge in [-0.1, -0.05) is 23.8 Å². The number of fused-ring (bicyclic) bond motifs is 4. The van der Waals surface area contributed by atoms with Crippen LogP contribution in [0.1, 0.15) is 29.0 Å². The zero-order chi connectivity index (χ0) is 25.1. The first-order valence-electron chi connectivity index (χ1n) is 11.2. The standard InChI is InChI=1S/C28H18O8/c1-13-2-7-21-17(8-13)26(32)19(12-34-21)16-9-23(31)36-22-10-20(30)25-27(33)18(11-35-28(25)24(16)22)14-3-5-15(29)6-4-14/h2-8,10-12,16,29-30H,9H2,1H3/t16-/m0/s1. The van der Waals surface area contributed by atoms with Gasteiger partial charge in [-0.15, -0.1) is 0 Å². The molecule has 1 aliphatic heterocycles. The summed E-state index contributed by atoms with van der Waals surface area (Å²) in [4.78, 5) is 39.4. The summed E-state index contributed by atoms with van der Waals surface area (Å²) < 4.78 is 17.0. The van der Waals surface area contributed by atoms with E-state index in [1.165, 1.54) is 30.7 Å². The maximum Gasteiger partial charge on any atom is 0.312 e. The van der Waals surface area contributed by atoms with Gasteiger partial charge in [0.1, 0.15) is 40.1 Å². The Balaban J connectivity index is 1.62. The molecule has 1 atom stereocenters. The molecule has 0 amide bonds. The molecule has 0 saturated carbocycles. The van der Waals surface area contributed by atoms with Crippen molar-refractivity contribution in [3.05, 3.63) is 98.2 Å². The number of benzene rings is 3. The van der Waals surface area contributed by atoms with E-state index in [-0.39, 0.29) is 45.4 Å². The van der Waals surface area contributed by atoms with Gasteiger partial charge in [-0.05, 0) is 36.8 Å². The highest BCUT2D eigenvalue weighted by Gasteiger charge is 2.35. The highest BCUT2D eigenvalue weighted by molar-refractivity contribution is 5.94. The van der Waals surface area contributed by atoms with Crippen LogP contribution in [0.3, 0.4) is 0 Å². The van der Waals surface area contributed by atoms with Gasteiger partial charge >= 0.3 is 5.97 Å². The molecule has 0 saturated heterocycles. The first kappa shape index (κ1) is 21.7. The van der Waals surface area contributed by atoms with E-state index in [2.05, 4.69) is 0 Å². The molecule has 178 valence electrons. The lowest BCUT2D eigenvalue weighted by molar-refractivity contribution is -0.135. The van der Waals surface area contributed by atoms with Crippen LogP contribution >= 0.6 is 0 Å². The van der Waals surface area contributed by atoms with Crippen molar-refractivity contribution >= 4 is 27.9 Å². The molecular formula is C28H18O8. The lowest BCUT2D eigenvalue weighted by atomic mass is 9.85. The van der Waals surface area contributed by atoms with Crippen molar-refractivity contribution in [3.63, 3.8) is 0 Å². The summed E-state index contributed by atoms with van der Waals surface area (Å²) in [5.74, 6) is -1.81. The molecule has 6 rings (SSSR count). The van der Waals surface area contributed by atoms with E-state index in [4.69, 9.17) is 13.6 Å². The molecule has 2 aromatic heterocycles. The van der Waals surface area contributed by atoms with Gasteiger partial charge in [-0.3, -0.25) is 14.4 Å². The summed E-state index contributed by atoms with van der Waals surface area (Å²) in [6.07, 6.45) is 2.38. The summed E-state index contributed by atoms with van der Waals surface area (Å²) in [7, 11) is 0. The molecule has 0 fully saturated rings. The molecule has 36 heavy (non-hydrogen) atoms. The minimum Gasteiger partial charge on any atom is -0.508 e. The van der Waals surface area contributed by atoms with Gasteiger partial charge in [0.25, 0.3) is 0 Å². The Morgan fingerprint density at radius 3 is 2.44 bits per heavy atom. The number of aryl methyl sites for hydroxylation is 1. The van der Waals surface area contributed by atoms with Crippen LogP contribution in [0.5, 0.6) is 17.2 Å². The molecule has 0 unspecified atom stereocenters. The summed E-state index contributed by atoms with van der Waals surface area (Å²) >= 11 is 0. The maximum atomic E-state index is 13.5. The molecule has 3 heterocycles. The fourth-order valence-electron chi connectivity index (χ4n) is 4.74. The number of phenols is 2. The Morgan fingerprint density at radius 2 is 1.67 bits per heavy atom. The largest absolute Gasteiger partial charge is 0.508 e. The summed E-state index contributed by atoms with van der Waals surface area (Å²) in [5, 5.41) is 20.5. The maximum absolute atomic E-state index is 13.5. The number of ether oxygens (including phenoxy) is 1. The number of hydrogen-bond acceptors (Lipinski definition) is 8. The van der Waals surface area contributed by atoms with Crippen LogP contribution in [0, 0.1) is 6.92 Å². The third kappa shape index (κ3) is 3.26. The third-order valence-electron chi connectivity index (χ3n) is 6.48. The fraction of sp³-hybridized carbons (Fsp3) is 0.107. The van der Waals surface area contributed by atoms with Crippen molar-refractivity contribution in [3.8, 4) is 28.4 Å². The lowest BCUT2D eigenvalue weighted by Crippen LogP contribution is -2.25. The van der Waals surface area contributed by atoms with Gasteiger partial charge in [0.2, 0.25) is 5.43 Å². The van der Waals surface area contributed by atoms with Crippen LogP contribution in [0.2, 0.25) is 0 Å². The normalized spacial score (nSPS) is 15.1. The molecule has 8 nitrogen and oxygen atoms in total. The molecule has 1 aliphatic rings. The van der Waals surface area contributed by atoms with Crippen LogP contribution in [-0.2, 0) is 4.79 Å². The van der Waals surface area contributed by atoms with E-state index in [9.17, 15) is 24.6 Å². The van der Waals surface area contributed by atoms with Gasteiger partial charge in [-0.25, -0.2) is 0 Å². The Hall–Kier alpha value is -4.85. The van der Waals surface area contributed by atoms with Crippen LogP contribution in [0.15, 0.2) is 79.5 Å². The molecule has 0 bridgehead atoms. The highest BCUT2D eigenvalue weighted by Crippen LogP contribution is 2.45. The average Bonchev–Trinajstić information content (AvgIpc) is 2.85. The van der Waals surface area contributed by atoms with Gasteiger partial charge in [0.15, 0.2) is 5.43 Å². The molecule has 0 radical (unpaired) electrons. The average molecular weight is 482 g/mol. The molecule has 5 aromatic rings. The van der Waals surface area contributed by atoms with E-state index < -0.39 is 23.1 Å². The molecule has 0 spiro atoms. The van der Waals surface area contributed by atoms with E-state index in [0.717, 1.165) is 5.56 Å². The van der Waals surface area contributed by atoms with Crippen molar-refractivity contribution in [2.45, 2.75) is 19.3 Å². The SMILES string of the molecule is Cc1ccc2occ([C@@H]3CC(=O)Oc4cc(O)c5c(=O)c(-c6ccc(O)cc6)coc5c43)c(=O)c2c1. The smallest absolute Gasteiger partial charge is 0.312 e. The Morgan fingerprint density at radius 1 is 0.889 bits per heavy atom. The molecule has 3 aromatic carbocycles. The number of carbonyl (C=O) groups is 1. The van der Waals surface area contributed by atoms with Crippen molar-refractivity contribution < 1.29 is 28.6 Å². The molecular weight excluding hydrogens is 464 g/mol. The Bertz CT molecular complexity index is 1830. The Labute approximate surface area is 202 Å². The zero-order valence-corrected chi connectivity index (χ0v) is 18.9. The second-order valence-corrected chi connectivity index (χ2v) is 8.79. The van der Waals surface area contributed by atoms with Crippen LogP contribution in [0.4, 0.5) is 0 Å². The highest BCUT2D eigenvalue weighted by atomic mass is 16.5. The predicted molar refractivity (Wildman–Crippen MR) is 131 cm³/mol. The number of carbonyl (C=O) groups excluding carboxylic acids is 1. The van der Waals surface area contributed by atoms with Crippen LogP contribution < -0.4 is 15.6 Å². The first-order chi connectivity index (χ1) is 17.3. The number of aromatic hydroxyl groups is 2. The minimum absolute atomic E-state index is 0.00511. The number of phenolic OH excluding ortho intramolecular Hbond substituents is 2. The van der Waals surface area contributed by atoms with Crippen LogP contribution in [-0.4, -0.2) is 16.2 Å². The monoisotopic (exact) mass is 482 g/mol. The van der Waals surface area contributed by atoms with E-state index in [1.54, 1.807) is 24.3 Å². The van der Waals surface area contributed by atoms with Gasteiger partial charge in [0, 0.05) is 23.1 Å².